The standard InChI is InChI=1S/C25H24N2O4.C24H19N3O3.C24H21NO3.C22H17ClN2O3.C22H22N2O3.2H2/c1-3-29-20-9-7-16(2)13-18(20)19-5-4-6-23(26-19)27-24(28)25(11-12-25)17-8-10-21-22(14-17)31-15-30-21;28-23(24(9-10-24)17-5-7-20-21(13-17)30-14-29-20)27-22-3-1-2-19(26-22)15-4-6-18-16(12-15)8-11-25-18;1-16-4-2-3-5-20(16)17-6-8-19(25-14-17)13-23(26)24(10-11-24)18-7-9-21-22(12-18)28-15-27-21;23-18-12-24-8-5-17(18)14-1-3-16(25-11-14)10-21(26)22(6-7-22)15-2-4-19-20(9-15)28-13-27-19;25-21(22(11-12-22)16-9-10-18-19(13-16)27-14-26-18)24-20-8-4-7-17(23-20)15-5-2-1-3-6-15;;/h4-10,13-14H,3,11-12,15H2,1-2H3,(H,26,27,28);1-8,11-13,25H,9-10,14H2,(H,26,27,28);2-9,12,14H,10-11,13,15H2,1H3;1-5,8-9,11-12H,6-7,10,13H2;4-5,7-10,13H,1-3,6,11-12,14H2,(H,23,24,25);2*1H. The van der Waals surface area contributed by atoms with Crippen molar-refractivity contribution in [2.24, 2.45) is 0 Å². The van der Waals surface area contributed by atoms with Crippen LogP contribution < -0.4 is 68.1 Å². The molecule has 0 atom stereocenters. The van der Waals surface area contributed by atoms with E-state index in [-0.39, 0.29) is 66.1 Å². The molecule has 5 saturated carbocycles. The Labute approximate surface area is 839 Å². The van der Waals surface area contributed by atoms with Crippen LogP contribution in [0.4, 0.5) is 17.5 Å². The van der Waals surface area contributed by atoms with Crippen LogP contribution in [0.2, 0.25) is 5.02 Å². The summed E-state index contributed by atoms with van der Waals surface area (Å²) in [5, 5.41) is 10.8. The normalized spacial score (nSPS) is 16.5. The molecule has 0 unspecified atom stereocenters. The maximum absolute atomic E-state index is 13.2. The molecule has 15 aromatic rings. The number of anilines is 3. The molecular weight excluding hydrogens is 1840 g/mol. The third kappa shape index (κ3) is 19.3. The van der Waals surface area contributed by atoms with Gasteiger partial charge in [-0.3, -0.25) is 38.9 Å². The average Bonchev–Trinajstić information content (AvgIpc) is 1.57. The van der Waals surface area contributed by atoms with Crippen molar-refractivity contribution >= 4 is 74.8 Å². The number of fused-ring (bicyclic) bond motifs is 6. The highest BCUT2D eigenvalue weighted by molar-refractivity contribution is 6.33. The number of carbonyl (C=O) groups is 5. The van der Waals surface area contributed by atoms with Crippen molar-refractivity contribution < 1.29 is 78.9 Å². The van der Waals surface area contributed by atoms with Gasteiger partial charge in [-0.2, -0.15) is 0 Å². The van der Waals surface area contributed by atoms with Crippen LogP contribution in [0.15, 0.2) is 280 Å². The summed E-state index contributed by atoms with van der Waals surface area (Å²) in [6, 6.07) is 78.3. The van der Waals surface area contributed by atoms with E-state index in [2.05, 4.69) is 83.1 Å². The van der Waals surface area contributed by atoms with E-state index in [0.717, 1.165) is 224 Å². The molecule has 5 fully saturated rings. The first-order valence-corrected chi connectivity index (χ1v) is 49.2. The van der Waals surface area contributed by atoms with Gasteiger partial charge < -0.3 is 73.0 Å². The van der Waals surface area contributed by atoms with Crippen LogP contribution in [0, 0.1) is 13.8 Å². The molecule has 8 aromatic carbocycles. The van der Waals surface area contributed by atoms with Gasteiger partial charge in [-0.25, -0.2) is 15.0 Å². The lowest BCUT2D eigenvalue weighted by molar-refractivity contribution is -0.121. The van der Waals surface area contributed by atoms with E-state index in [1.54, 1.807) is 18.6 Å². The molecule has 5 aliphatic heterocycles. The first kappa shape index (κ1) is 92.8. The summed E-state index contributed by atoms with van der Waals surface area (Å²) in [6.45, 7) is 7.82. The van der Waals surface area contributed by atoms with E-state index in [4.69, 9.17) is 68.7 Å². The molecule has 728 valence electrons. The number of carbonyl (C=O) groups excluding carboxylic acids is 5. The largest absolute Gasteiger partial charge is 0.493 e. The summed E-state index contributed by atoms with van der Waals surface area (Å²) in [6.07, 6.45) is 24.8. The third-order valence-corrected chi connectivity index (χ3v) is 29.1. The maximum atomic E-state index is 13.2. The summed E-state index contributed by atoms with van der Waals surface area (Å²) in [4.78, 5) is 95.9. The second-order valence-corrected chi connectivity index (χ2v) is 38.4. The number of aromatic amines is 1. The Morgan fingerprint density at radius 3 is 1.26 bits per heavy atom. The van der Waals surface area contributed by atoms with E-state index in [0.29, 0.717) is 59.2 Å². The molecule has 6 aliphatic carbocycles. The first-order chi connectivity index (χ1) is 70.3. The van der Waals surface area contributed by atoms with Gasteiger partial charge in [-0.15, -0.1) is 0 Å². The van der Waals surface area contributed by atoms with Crippen LogP contribution in [0.25, 0.3) is 61.2 Å². The number of H-pyrrole nitrogens is 1. The van der Waals surface area contributed by atoms with Crippen molar-refractivity contribution in [3.05, 3.63) is 341 Å². The summed E-state index contributed by atoms with van der Waals surface area (Å²) < 4.78 is 60.1. The minimum atomic E-state index is -0.543. The Morgan fingerprint density at radius 2 is 0.826 bits per heavy atom. The van der Waals surface area contributed by atoms with E-state index < -0.39 is 27.1 Å². The fraction of sp³-hybridized carbons (Fsp3) is 0.256. The number of nitrogens with one attached hydrogen (secondary N) is 4. The van der Waals surface area contributed by atoms with E-state index in [1.807, 2.05) is 245 Å². The number of pyridine rings is 6. The third-order valence-electron chi connectivity index (χ3n) is 28.8. The number of halogens is 1. The lowest BCUT2D eigenvalue weighted by Crippen LogP contribution is -2.28. The van der Waals surface area contributed by atoms with Crippen LogP contribution in [-0.2, 0) is 63.9 Å². The van der Waals surface area contributed by atoms with Crippen LogP contribution >= 0.6 is 11.6 Å². The van der Waals surface area contributed by atoms with Gasteiger partial charge in [-0.05, 0) is 301 Å². The Hall–Kier alpha value is -16.2. The van der Waals surface area contributed by atoms with Gasteiger partial charge in [0, 0.05) is 96.8 Å². The molecule has 26 nitrogen and oxygen atoms in total. The number of aromatic nitrogens is 7. The maximum Gasteiger partial charge on any atom is 0.236 e. The number of nitrogens with zero attached hydrogens (tertiary/aromatic N) is 6. The smallest absolute Gasteiger partial charge is 0.236 e. The molecule has 7 aromatic heterocycles. The monoisotopic (exact) mass is 1940 g/mol. The average molecular weight is 1940 g/mol. The Balaban J connectivity index is 0.000000111. The van der Waals surface area contributed by atoms with Gasteiger partial charge in [0.1, 0.15) is 34.8 Å². The Morgan fingerprint density at radius 1 is 0.396 bits per heavy atom. The van der Waals surface area contributed by atoms with Gasteiger partial charge in [0.15, 0.2) is 57.5 Å². The van der Waals surface area contributed by atoms with Crippen LogP contribution in [-0.4, -0.2) is 105 Å². The highest BCUT2D eigenvalue weighted by Gasteiger charge is 2.56. The molecule has 3 amide bonds. The summed E-state index contributed by atoms with van der Waals surface area (Å²) in [5.74, 6) is 10.0. The SMILES string of the molecule is CCOc1ccc(C)cc1-c1cccc(NC(=O)C2(c3ccc4c(c3)OCO4)CC2)n1.Cc1ccccc1-c1ccc(CC(=O)C2(c3ccc4c(c3)OCO4)CC2)nc1.O=C(Cc1ccc(-c2ccncc2Cl)cn1)C1(c2ccc3c(c2)OCO3)CC1.O=C(Nc1cccc(-c2ccc3[nH]ccc3c2)n1)C1(c2ccc3c(c2)OCO3)CC1.O=C(Nc1cccc(C2=CCCCC2)n1)C1(c2ccc3c(c2)OCO3)CC1.[HH].[HH]. The summed E-state index contributed by atoms with van der Waals surface area (Å²) in [5.41, 5.74) is 17.3. The second kappa shape index (κ2) is 39.3. The van der Waals surface area contributed by atoms with Crippen molar-refractivity contribution in [2.45, 2.75) is 151 Å². The molecule has 0 spiro atoms. The number of rotatable bonds is 24. The highest BCUT2D eigenvalue weighted by atomic mass is 35.5. The molecule has 0 saturated heterocycles. The number of ketones is 2. The topological polar surface area (TPSA) is 316 Å². The number of ether oxygens (including phenoxy) is 11. The number of hydrogen-bond donors (Lipinski definition) is 4. The molecule has 27 heteroatoms. The van der Waals surface area contributed by atoms with Crippen LogP contribution in [0.1, 0.15) is 156 Å². The van der Waals surface area contributed by atoms with Crippen molar-refractivity contribution in [3.8, 4) is 108 Å². The molecule has 4 N–H and O–H groups in total. The summed E-state index contributed by atoms with van der Waals surface area (Å²) >= 11 is 6.20. The van der Waals surface area contributed by atoms with Crippen molar-refractivity contribution in [1.82, 2.24) is 34.9 Å². The minimum absolute atomic E-state index is 0. The van der Waals surface area contributed by atoms with E-state index in [9.17, 15) is 24.0 Å². The molecule has 144 heavy (non-hydrogen) atoms. The van der Waals surface area contributed by atoms with Gasteiger partial charge in [0.05, 0.1) is 55.8 Å². The predicted octanol–water partition coefficient (Wildman–Crippen LogP) is 23.4. The fourth-order valence-electron chi connectivity index (χ4n) is 19.7. The molecule has 11 aliphatic rings. The number of Topliss-reactive ketones (excluding diaryl/α,β-unsaturated/α-hetero) is 2. The Bertz CT molecular complexity index is 7380. The van der Waals surface area contributed by atoms with Crippen molar-refractivity contribution in [1.29, 1.82) is 0 Å². The van der Waals surface area contributed by atoms with Gasteiger partial charge in [-0.1, -0.05) is 120 Å². The quantitative estimate of drug-likeness (QED) is 0.0437. The van der Waals surface area contributed by atoms with E-state index >= 15 is 0 Å². The lowest BCUT2D eigenvalue weighted by atomic mass is 9.88. The number of hydrogen-bond acceptors (Lipinski definition) is 22. The van der Waals surface area contributed by atoms with Crippen molar-refractivity contribution in [2.75, 3.05) is 56.5 Å². The van der Waals surface area contributed by atoms with Gasteiger partial charge in [0.2, 0.25) is 51.7 Å². The van der Waals surface area contributed by atoms with E-state index in [1.165, 1.54) is 29.5 Å². The summed E-state index contributed by atoms with van der Waals surface area (Å²) in [7, 11) is 0. The van der Waals surface area contributed by atoms with Crippen LogP contribution in [0.5, 0.6) is 63.2 Å². The number of amides is 3. The first-order valence-electron chi connectivity index (χ1n) is 48.9. The number of benzene rings is 8. The fourth-order valence-corrected chi connectivity index (χ4v) is 19.9. The predicted molar refractivity (Wildman–Crippen MR) is 550 cm³/mol. The zero-order valence-corrected chi connectivity index (χ0v) is 80.5. The number of aryl methyl sites for hydroxylation is 2. The second-order valence-electron chi connectivity index (χ2n) is 38.0. The lowest BCUT2D eigenvalue weighted by Gasteiger charge is -2.17. The molecule has 12 heterocycles. The molecule has 0 radical (unpaired) electrons. The zero-order valence-electron chi connectivity index (χ0n) is 79.7. The zero-order chi connectivity index (χ0) is 98.1. The Kier molecular flexibility index (Phi) is 25.4. The van der Waals surface area contributed by atoms with Crippen LogP contribution in [0.3, 0.4) is 0 Å². The molecular formula is C117H107ClN10O16. The van der Waals surface area contributed by atoms with Gasteiger partial charge >= 0.3 is 0 Å². The number of allylic oxidation sites excluding steroid dienone is 2. The van der Waals surface area contributed by atoms with Crippen molar-refractivity contribution in [3.63, 3.8) is 0 Å². The highest BCUT2D eigenvalue weighted by Crippen LogP contribution is 2.57. The minimum Gasteiger partial charge on any atom is -0.493 e. The molecule has 26 rings (SSSR count). The van der Waals surface area contributed by atoms with Gasteiger partial charge in [0.25, 0.3) is 0 Å². The molecule has 0 bridgehead atoms.